The molecule has 3 saturated heterocycles. The van der Waals surface area contributed by atoms with Crippen LogP contribution in [0.3, 0.4) is 0 Å². The Bertz CT molecular complexity index is 918. The Balaban J connectivity index is 1.76. The molecule has 7 rings (SSSR count). The van der Waals surface area contributed by atoms with E-state index in [4.69, 9.17) is 9.47 Å². The van der Waals surface area contributed by atoms with Crippen LogP contribution in [0, 0.1) is 17.8 Å². The third-order valence-corrected chi connectivity index (χ3v) is 7.51. The minimum atomic E-state index is -0.0381. The van der Waals surface area contributed by atoms with Gasteiger partial charge in [0.15, 0.2) is 0 Å². The van der Waals surface area contributed by atoms with Crippen LogP contribution in [-0.2, 0) is 16.6 Å². The second kappa shape index (κ2) is 5.99. The zero-order chi connectivity index (χ0) is 18.9. The average molecular weight is 368 g/mol. The van der Waals surface area contributed by atoms with Crippen molar-refractivity contribution in [2.75, 3.05) is 27.3 Å². The summed E-state index contributed by atoms with van der Waals surface area (Å²) in [6.45, 7) is 4.33. The van der Waals surface area contributed by atoms with Gasteiger partial charge in [0, 0.05) is 43.2 Å². The van der Waals surface area contributed by atoms with Gasteiger partial charge in [-0.2, -0.15) is 0 Å². The molecular weight excluding hydrogens is 340 g/mol. The van der Waals surface area contributed by atoms with Crippen molar-refractivity contribution in [3.63, 3.8) is 0 Å². The number of aryl methyl sites for hydroxylation is 1. The van der Waals surface area contributed by atoms with Gasteiger partial charge in [0.2, 0.25) is 0 Å². The third-order valence-electron chi connectivity index (χ3n) is 7.51. The Morgan fingerprint density at radius 1 is 1.26 bits per heavy atom. The molecule has 1 aromatic heterocycles. The van der Waals surface area contributed by atoms with Crippen LogP contribution in [0.25, 0.3) is 10.9 Å². The number of hydrogen-bond acceptors (Lipinski definition) is 4. The van der Waals surface area contributed by atoms with Gasteiger partial charge in [-0.05, 0) is 36.0 Å². The highest BCUT2D eigenvalue weighted by Gasteiger charge is 2.55. The molecule has 0 radical (unpaired) electrons. The molecule has 4 bridgehead atoms. The molecule has 0 N–H and O–H groups in total. The summed E-state index contributed by atoms with van der Waals surface area (Å²) < 4.78 is 13.1. The van der Waals surface area contributed by atoms with Crippen molar-refractivity contribution < 1.29 is 14.3 Å². The smallest absolute Gasteiger partial charge is 0.309 e. The van der Waals surface area contributed by atoms with E-state index >= 15 is 0 Å². The monoisotopic (exact) mass is 368 g/mol. The van der Waals surface area contributed by atoms with Crippen molar-refractivity contribution in [3.8, 4) is 5.75 Å². The molecule has 4 aliphatic heterocycles. The summed E-state index contributed by atoms with van der Waals surface area (Å²) >= 11 is 0. The highest BCUT2D eigenvalue weighted by Crippen LogP contribution is 2.57. The number of piperidine rings is 1. The molecule has 5 aliphatic rings. The standard InChI is InChI=1S/C22H28N2O3/c1-5-12-10-24-11-16-19-14-7-6-13(26-3)8-17(14)23(2)21(19)18(24)9-15(12)20(16)22(25)27-4/h6-8,12,15-16,18,20H,5,9-11H2,1-4H3/t12-,15-,16-,18-,20+/m0/s1. The number of benzene rings is 1. The van der Waals surface area contributed by atoms with Gasteiger partial charge in [-0.25, -0.2) is 0 Å². The van der Waals surface area contributed by atoms with E-state index in [9.17, 15) is 4.79 Å². The van der Waals surface area contributed by atoms with Crippen LogP contribution in [0.5, 0.6) is 5.75 Å². The van der Waals surface area contributed by atoms with Gasteiger partial charge in [0.05, 0.1) is 31.7 Å². The molecule has 1 unspecified atom stereocenters. The molecule has 144 valence electrons. The molecule has 5 nitrogen and oxygen atoms in total. The zero-order valence-corrected chi connectivity index (χ0v) is 16.6. The number of esters is 1. The van der Waals surface area contributed by atoms with Gasteiger partial charge in [-0.3, -0.25) is 9.69 Å². The maximum Gasteiger partial charge on any atom is 0.309 e. The number of ether oxygens (including phenoxy) is 2. The zero-order valence-electron chi connectivity index (χ0n) is 16.6. The summed E-state index contributed by atoms with van der Waals surface area (Å²) in [7, 11) is 5.42. The maximum atomic E-state index is 12.9. The van der Waals surface area contributed by atoms with Crippen LogP contribution in [0.15, 0.2) is 18.2 Å². The predicted octanol–water partition coefficient (Wildman–Crippen LogP) is 3.48. The topological polar surface area (TPSA) is 43.7 Å². The number of carbonyl (C=O) groups is 1. The Morgan fingerprint density at radius 3 is 2.78 bits per heavy atom. The molecule has 27 heavy (non-hydrogen) atoms. The summed E-state index contributed by atoms with van der Waals surface area (Å²) in [5.41, 5.74) is 3.98. The lowest BCUT2D eigenvalue weighted by Gasteiger charge is -2.43. The summed E-state index contributed by atoms with van der Waals surface area (Å²) in [4.78, 5) is 15.6. The first-order chi connectivity index (χ1) is 13.1. The largest absolute Gasteiger partial charge is 0.497 e. The molecule has 5 heterocycles. The molecule has 0 saturated carbocycles. The van der Waals surface area contributed by atoms with Crippen molar-refractivity contribution in [1.82, 2.24) is 9.47 Å². The number of methoxy groups -OCH3 is 2. The maximum absolute atomic E-state index is 12.9. The third kappa shape index (κ3) is 2.18. The minimum absolute atomic E-state index is 0.0238. The summed E-state index contributed by atoms with van der Waals surface area (Å²) in [5, 5.41) is 1.27. The second-order valence-corrected chi connectivity index (χ2v) is 8.43. The Hall–Kier alpha value is -2.01. The number of rotatable bonds is 3. The number of hydrogen-bond donors (Lipinski definition) is 0. The van der Waals surface area contributed by atoms with Crippen LogP contribution < -0.4 is 4.74 Å². The lowest BCUT2D eigenvalue weighted by Crippen LogP contribution is -2.43. The van der Waals surface area contributed by atoms with Crippen LogP contribution in [0.2, 0.25) is 0 Å². The van der Waals surface area contributed by atoms with Crippen LogP contribution in [0.1, 0.15) is 43.0 Å². The first-order valence-corrected chi connectivity index (χ1v) is 10.1. The Morgan fingerprint density at radius 2 is 2.07 bits per heavy atom. The fourth-order valence-electron chi connectivity index (χ4n) is 6.32. The van der Waals surface area contributed by atoms with E-state index < -0.39 is 0 Å². The molecule has 6 atom stereocenters. The second-order valence-electron chi connectivity index (χ2n) is 8.43. The van der Waals surface area contributed by atoms with Gasteiger partial charge in [-0.1, -0.05) is 13.3 Å². The number of nitrogens with zero attached hydrogens (tertiary/aromatic N) is 2. The highest BCUT2D eigenvalue weighted by molar-refractivity contribution is 5.89. The van der Waals surface area contributed by atoms with Crippen molar-refractivity contribution in [3.05, 3.63) is 29.5 Å². The van der Waals surface area contributed by atoms with E-state index in [0.29, 0.717) is 17.9 Å². The Labute approximate surface area is 160 Å². The lowest BCUT2D eigenvalue weighted by molar-refractivity contribution is -0.149. The Kier molecular flexibility index (Phi) is 3.80. The molecule has 1 aromatic carbocycles. The fraction of sp³-hybridized carbons (Fsp3) is 0.591. The van der Waals surface area contributed by atoms with Gasteiger partial charge in [0.1, 0.15) is 5.75 Å². The van der Waals surface area contributed by atoms with E-state index in [1.807, 2.05) is 6.07 Å². The average Bonchev–Trinajstić information content (AvgIpc) is 2.83. The summed E-state index contributed by atoms with van der Waals surface area (Å²) in [6, 6.07) is 6.75. The minimum Gasteiger partial charge on any atom is -0.497 e. The fourth-order valence-corrected chi connectivity index (χ4v) is 6.32. The van der Waals surface area contributed by atoms with Crippen LogP contribution in [0.4, 0.5) is 0 Å². The first kappa shape index (κ1) is 17.1. The van der Waals surface area contributed by atoms with Crippen molar-refractivity contribution in [2.24, 2.45) is 24.8 Å². The SMILES string of the molecule is CC[C@H]1CN2C[C@H]3c4c(n(C)c5cc(OC)ccc45)[C@@H]2C[C@@H]1[C@H]3C(=O)OC. The van der Waals surface area contributed by atoms with Gasteiger partial charge in [0.25, 0.3) is 0 Å². The van der Waals surface area contributed by atoms with Crippen molar-refractivity contribution in [1.29, 1.82) is 0 Å². The van der Waals surface area contributed by atoms with E-state index in [2.05, 4.69) is 35.6 Å². The normalized spacial score (nSPS) is 33.8. The molecule has 3 fully saturated rings. The van der Waals surface area contributed by atoms with E-state index in [0.717, 1.165) is 31.7 Å². The quantitative estimate of drug-likeness (QED) is 0.778. The van der Waals surface area contributed by atoms with Crippen LogP contribution >= 0.6 is 0 Å². The van der Waals surface area contributed by atoms with E-state index in [1.165, 1.54) is 22.2 Å². The lowest BCUT2D eigenvalue weighted by atomic mass is 9.72. The molecule has 5 heteroatoms. The van der Waals surface area contributed by atoms with Gasteiger partial charge < -0.3 is 14.0 Å². The summed E-state index contributed by atoms with van der Waals surface area (Å²) in [5.74, 6) is 2.02. The summed E-state index contributed by atoms with van der Waals surface area (Å²) in [6.07, 6.45) is 2.19. The molecule has 1 aliphatic carbocycles. The van der Waals surface area contributed by atoms with Crippen molar-refractivity contribution in [2.45, 2.75) is 31.7 Å². The molecular formula is C22H28N2O3. The molecule has 0 amide bonds. The van der Waals surface area contributed by atoms with E-state index in [-0.39, 0.29) is 17.8 Å². The first-order valence-electron chi connectivity index (χ1n) is 10.1. The van der Waals surface area contributed by atoms with E-state index in [1.54, 1.807) is 14.2 Å². The number of fused-ring (bicyclic) bond motifs is 2. The predicted molar refractivity (Wildman–Crippen MR) is 104 cm³/mol. The highest BCUT2D eigenvalue weighted by atomic mass is 16.5. The van der Waals surface area contributed by atoms with Crippen molar-refractivity contribution >= 4 is 16.9 Å². The molecule has 2 aromatic rings. The van der Waals surface area contributed by atoms with Gasteiger partial charge in [-0.15, -0.1) is 0 Å². The number of carbonyl (C=O) groups excluding carboxylic acids is 1. The molecule has 0 spiro atoms. The van der Waals surface area contributed by atoms with Crippen LogP contribution in [-0.4, -0.2) is 42.7 Å². The van der Waals surface area contributed by atoms with Gasteiger partial charge >= 0.3 is 5.97 Å². The number of aromatic nitrogens is 1.